The largest absolute Gasteiger partial charge is 0.379 e. The molecule has 1 atom stereocenters. The lowest BCUT2D eigenvalue weighted by Crippen LogP contribution is -2.43. The number of rotatable bonds is 3. The Morgan fingerprint density at radius 2 is 1.92 bits per heavy atom. The lowest BCUT2D eigenvalue weighted by molar-refractivity contribution is 0.0629. The molecule has 1 aromatic rings. The minimum atomic E-state index is -4.04. The van der Waals surface area contributed by atoms with E-state index in [2.05, 4.69) is 15.9 Å². The highest BCUT2D eigenvalue weighted by Gasteiger charge is 2.33. The molecule has 1 amide bonds. The van der Waals surface area contributed by atoms with Crippen LogP contribution in [0.5, 0.6) is 0 Å². The molecule has 0 spiro atoms. The van der Waals surface area contributed by atoms with Gasteiger partial charge >= 0.3 is 0 Å². The molecular weight excluding hydrogens is 427 g/mol. The van der Waals surface area contributed by atoms with Gasteiger partial charge in [0.15, 0.2) is 5.82 Å². The summed E-state index contributed by atoms with van der Waals surface area (Å²) < 4.78 is 47.6. The first kappa shape index (κ1) is 19.7. The second kappa shape index (κ2) is 7.92. The lowest BCUT2D eigenvalue weighted by Gasteiger charge is -2.33. The van der Waals surface area contributed by atoms with Crippen LogP contribution >= 0.6 is 15.9 Å². The zero-order chi connectivity index (χ0) is 18.9. The molecule has 0 aliphatic carbocycles. The Morgan fingerprint density at radius 3 is 2.58 bits per heavy atom. The zero-order valence-electron chi connectivity index (χ0n) is 14.6. The van der Waals surface area contributed by atoms with Gasteiger partial charge in [-0.15, -0.1) is 0 Å². The maximum Gasteiger partial charge on any atom is 0.257 e. The van der Waals surface area contributed by atoms with E-state index in [1.807, 2.05) is 6.92 Å². The molecular formula is C17H22BrFN2O4S. The summed E-state index contributed by atoms with van der Waals surface area (Å²) in [7, 11) is -4.04. The van der Waals surface area contributed by atoms with Gasteiger partial charge in [0.1, 0.15) is 4.90 Å². The first-order chi connectivity index (χ1) is 12.3. The van der Waals surface area contributed by atoms with Crippen LogP contribution < -0.4 is 0 Å². The van der Waals surface area contributed by atoms with Crippen LogP contribution in [0.15, 0.2) is 21.5 Å². The van der Waals surface area contributed by atoms with E-state index in [0.29, 0.717) is 11.0 Å². The van der Waals surface area contributed by atoms with E-state index in [4.69, 9.17) is 4.74 Å². The standard InChI is InChI=1S/C17H22BrFN2O4S/c1-12-4-2-3-5-21(12)17(22)14-10-13(18)11-15(16(14)19)26(23,24)20-6-8-25-9-7-20/h10-12H,2-9H2,1H3. The predicted octanol–water partition coefficient (Wildman–Crippen LogP) is 2.62. The molecule has 2 heterocycles. The van der Waals surface area contributed by atoms with Crippen molar-refractivity contribution < 1.29 is 22.3 Å². The summed E-state index contributed by atoms with van der Waals surface area (Å²) >= 11 is 3.23. The van der Waals surface area contributed by atoms with Gasteiger partial charge in [0.25, 0.3) is 5.91 Å². The van der Waals surface area contributed by atoms with Gasteiger partial charge in [-0.1, -0.05) is 15.9 Å². The molecule has 1 aromatic carbocycles. The molecule has 3 rings (SSSR count). The second-order valence-electron chi connectivity index (χ2n) is 6.63. The fraction of sp³-hybridized carbons (Fsp3) is 0.588. The number of sulfonamides is 1. The topological polar surface area (TPSA) is 66.9 Å². The van der Waals surface area contributed by atoms with E-state index in [1.165, 1.54) is 16.4 Å². The number of likely N-dealkylation sites (tertiary alicyclic amines) is 1. The monoisotopic (exact) mass is 448 g/mol. The average molecular weight is 449 g/mol. The molecule has 0 aromatic heterocycles. The Labute approximate surface area is 161 Å². The molecule has 144 valence electrons. The molecule has 6 nitrogen and oxygen atoms in total. The van der Waals surface area contributed by atoms with Crippen molar-refractivity contribution >= 4 is 31.9 Å². The van der Waals surface area contributed by atoms with Crippen LogP contribution in [-0.2, 0) is 14.8 Å². The van der Waals surface area contributed by atoms with E-state index >= 15 is 4.39 Å². The van der Waals surface area contributed by atoms with Crippen LogP contribution in [0.1, 0.15) is 36.5 Å². The predicted molar refractivity (Wildman–Crippen MR) is 98.0 cm³/mol. The molecule has 0 radical (unpaired) electrons. The number of carbonyl (C=O) groups is 1. The fourth-order valence-corrected chi connectivity index (χ4v) is 5.52. The molecule has 2 aliphatic heterocycles. The number of halogens is 2. The van der Waals surface area contributed by atoms with E-state index in [-0.39, 0.29) is 37.9 Å². The number of amides is 1. The van der Waals surface area contributed by atoms with Crippen molar-refractivity contribution in [3.8, 4) is 0 Å². The number of nitrogens with zero attached hydrogens (tertiary/aromatic N) is 2. The van der Waals surface area contributed by atoms with Crippen molar-refractivity contribution in [3.05, 3.63) is 28.0 Å². The van der Waals surface area contributed by atoms with Crippen molar-refractivity contribution in [2.75, 3.05) is 32.8 Å². The zero-order valence-corrected chi connectivity index (χ0v) is 17.0. The van der Waals surface area contributed by atoms with E-state index in [1.54, 1.807) is 4.90 Å². The summed E-state index contributed by atoms with van der Waals surface area (Å²) in [6, 6.07) is 2.59. The van der Waals surface area contributed by atoms with E-state index in [0.717, 1.165) is 19.3 Å². The molecule has 9 heteroatoms. The third kappa shape index (κ3) is 3.81. The molecule has 26 heavy (non-hydrogen) atoms. The number of benzene rings is 1. The normalized spacial score (nSPS) is 22.4. The average Bonchev–Trinajstić information content (AvgIpc) is 2.64. The summed E-state index contributed by atoms with van der Waals surface area (Å²) in [4.78, 5) is 14.0. The number of hydrogen-bond donors (Lipinski definition) is 0. The third-order valence-electron chi connectivity index (χ3n) is 4.89. The highest BCUT2D eigenvalue weighted by atomic mass is 79.9. The first-order valence-electron chi connectivity index (χ1n) is 8.70. The van der Waals surface area contributed by atoms with Crippen LogP contribution in [0, 0.1) is 5.82 Å². The number of hydrogen-bond acceptors (Lipinski definition) is 4. The minimum Gasteiger partial charge on any atom is -0.379 e. The Balaban J connectivity index is 1.99. The Hall–Kier alpha value is -1.03. The summed E-state index contributed by atoms with van der Waals surface area (Å²) in [6.45, 7) is 3.36. The fourth-order valence-electron chi connectivity index (χ4n) is 3.39. The molecule has 2 aliphatic rings. The SMILES string of the molecule is CC1CCCCN1C(=O)c1cc(Br)cc(S(=O)(=O)N2CCOCC2)c1F. The van der Waals surface area contributed by atoms with Gasteiger partial charge in [0.2, 0.25) is 10.0 Å². The summed E-state index contributed by atoms with van der Waals surface area (Å²) in [6.07, 6.45) is 2.76. The van der Waals surface area contributed by atoms with Crippen LogP contribution in [0.2, 0.25) is 0 Å². The Morgan fingerprint density at radius 1 is 1.23 bits per heavy atom. The minimum absolute atomic E-state index is 0.00827. The van der Waals surface area contributed by atoms with Crippen molar-refractivity contribution in [1.82, 2.24) is 9.21 Å². The smallest absolute Gasteiger partial charge is 0.257 e. The van der Waals surface area contributed by atoms with Crippen LogP contribution in [0.25, 0.3) is 0 Å². The van der Waals surface area contributed by atoms with Gasteiger partial charge < -0.3 is 9.64 Å². The van der Waals surface area contributed by atoms with Crippen LogP contribution in [-0.4, -0.2) is 62.4 Å². The Bertz CT molecular complexity index is 796. The van der Waals surface area contributed by atoms with Crippen molar-refractivity contribution in [2.45, 2.75) is 37.1 Å². The van der Waals surface area contributed by atoms with Crippen LogP contribution in [0.4, 0.5) is 4.39 Å². The van der Waals surface area contributed by atoms with Gasteiger partial charge in [-0.05, 0) is 38.3 Å². The van der Waals surface area contributed by atoms with Crippen molar-refractivity contribution in [2.24, 2.45) is 0 Å². The number of piperidine rings is 1. The highest BCUT2D eigenvalue weighted by Crippen LogP contribution is 2.29. The molecule has 1 unspecified atom stereocenters. The molecule has 0 bridgehead atoms. The molecule has 0 saturated carbocycles. The first-order valence-corrected chi connectivity index (χ1v) is 10.9. The van der Waals surface area contributed by atoms with Crippen molar-refractivity contribution in [1.29, 1.82) is 0 Å². The van der Waals surface area contributed by atoms with Crippen LogP contribution in [0.3, 0.4) is 0 Å². The molecule has 0 N–H and O–H groups in total. The second-order valence-corrected chi connectivity index (χ2v) is 9.45. The quantitative estimate of drug-likeness (QED) is 0.712. The van der Waals surface area contributed by atoms with Gasteiger partial charge in [0, 0.05) is 30.1 Å². The van der Waals surface area contributed by atoms with Gasteiger partial charge in [-0.2, -0.15) is 4.31 Å². The lowest BCUT2D eigenvalue weighted by atomic mass is 10.0. The van der Waals surface area contributed by atoms with Gasteiger partial charge in [-0.25, -0.2) is 12.8 Å². The highest BCUT2D eigenvalue weighted by molar-refractivity contribution is 9.10. The molecule has 2 saturated heterocycles. The Kier molecular flexibility index (Phi) is 6.01. The summed E-state index contributed by atoms with van der Waals surface area (Å²) in [5.74, 6) is -1.45. The maximum absolute atomic E-state index is 15.1. The van der Waals surface area contributed by atoms with Crippen molar-refractivity contribution in [3.63, 3.8) is 0 Å². The molecule has 2 fully saturated rings. The summed E-state index contributed by atoms with van der Waals surface area (Å²) in [5.41, 5.74) is -0.208. The third-order valence-corrected chi connectivity index (χ3v) is 7.24. The number of carbonyl (C=O) groups excluding carboxylic acids is 1. The van der Waals surface area contributed by atoms with E-state index < -0.39 is 26.6 Å². The summed E-state index contributed by atoms with van der Waals surface area (Å²) in [5, 5.41) is 0. The number of morpholine rings is 1. The maximum atomic E-state index is 15.1. The van der Waals surface area contributed by atoms with E-state index in [9.17, 15) is 13.2 Å². The van der Waals surface area contributed by atoms with Gasteiger partial charge in [-0.3, -0.25) is 4.79 Å². The number of ether oxygens (including phenoxy) is 1. The van der Waals surface area contributed by atoms with Gasteiger partial charge in [0.05, 0.1) is 18.8 Å².